The summed E-state index contributed by atoms with van der Waals surface area (Å²) in [7, 11) is -2.94. The van der Waals surface area contributed by atoms with E-state index in [4.69, 9.17) is 10.5 Å². The van der Waals surface area contributed by atoms with Crippen LogP contribution in [-0.4, -0.2) is 54.7 Å². The van der Waals surface area contributed by atoms with Crippen molar-refractivity contribution in [3.63, 3.8) is 0 Å². The molecule has 0 spiro atoms. The first-order valence-electron chi connectivity index (χ1n) is 9.77. The van der Waals surface area contributed by atoms with E-state index < -0.39 is 33.4 Å². The quantitative estimate of drug-likeness (QED) is 0.340. The third-order valence-corrected chi connectivity index (χ3v) is 8.45. The van der Waals surface area contributed by atoms with Gasteiger partial charge in [0, 0.05) is 23.1 Å². The normalized spacial score (nSPS) is 21.6. The minimum Gasteiger partial charge on any atom is -0.497 e. The van der Waals surface area contributed by atoms with E-state index in [0.29, 0.717) is 10.1 Å². The van der Waals surface area contributed by atoms with Crippen molar-refractivity contribution in [1.29, 1.82) is 0 Å². The highest BCUT2D eigenvalue weighted by Crippen LogP contribution is 2.39. The number of nitrogens with two attached hydrogens (primary N) is 1. The van der Waals surface area contributed by atoms with Crippen LogP contribution < -0.4 is 10.5 Å². The first-order valence-corrected chi connectivity index (χ1v) is 12.2. The van der Waals surface area contributed by atoms with Gasteiger partial charge in [-0.05, 0) is 42.8 Å². The number of ether oxygens (including phenoxy) is 1. The number of carboxylic acid groups (broad SMARTS) is 1. The number of thioether (sulfide) groups is 1. The standard InChI is InChI=1S/C22H24N2O6S2/c1-30-17-10-12-19(13-11-17)32(28,29)24-14-6-5-7-16(22(24,20(23)25)21(26)27)15-31-18-8-3-2-4-9-18/h2-6,8-13,16H,7,14-15H2,1H3,(H2,23,25)(H,26,27). The van der Waals surface area contributed by atoms with E-state index in [1.165, 1.54) is 43.1 Å². The summed E-state index contributed by atoms with van der Waals surface area (Å²) in [4.78, 5) is 26.1. The van der Waals surface area contributed by atoms with Crippen LogP contribution in [0.1, 0.15) is 6.42 Å². The molecule has 8 nitrogen and oxygen atoms in total. The molecule has 2 aromatic rings. The Balaban J connectivity index is 2.08. The number of hydrogen-bond donors (Lipinski definition) is 2. The van der Waals surface area contributed by atoms with Crippen LogP contribution >= 0.6 is 11.8 Å². The summed E-state index contributed by atoms with van der Waals surface area (Å²) in [5.41, 5.74) is 3.21. The highest BCUT2D eigenvalue weighted by molar-refractivity contribution is 7.99. The number of rotatable bonds is 8. The Labute approximate surface area is 191 Å². The molecule has 3 rings (SSSR count). The lowest BCUT2D eigenvalue weighted by Crippen LogP contribution is -2.68. The predicted octanol–water partition coefficient (Wildman–Crippen LogP) is 2.36. The molecular formula is C22H24N2O6S2. The number of carbonyl (C=O) groups excluding carboxylic acids is 1. The fraction of sp³-hybridized carbons (Fsp3) is 0.273. The van der Waals surface area contributed by atoms with Crippen LogP contribution in [0.5, 0.6) is 5.75 Å². The summed E-state index contributed by atoms with van der Waals surface area (Å²) in [5.74, 6) is -3.09. The van der Waals surface area contributed by atoms with Crippen LogP contribution in [0.15, 0.2) is 76.5 Å². The average Bonchev–Trinajstić information content (AvgIpc) is 2.99. The van der Waals surface area contributed by atoms with E-state index in [1.807, 2.05) is 30.3 Å². The van der Waals surface area contributed by atoms with E-state index >= 15 is 0 Å². The maximum atomic E-state index is 13.6. The van der Waals surface area contributed by atoms with Crippen molar-refractivity contribution < 1.29 is 27.9 Å². The van der Waals surface area contributed by atoms with Gasteiger partial charge in [-0.15, -0.1) is 11.8 Å². The van der Waals surface area contributed by atoms with Gasteiger partial charge in [-0.25, -0.2) is 13.2 Å². The third kappa shape index (κ3) is 4.38. The second-order valence-corrected chi connectivity index (χ2v) is 10.1. The van der Waals surface area contributed by atoms with Gasteiger partial charge in [-0.1, -0.05) is 30.4 Å². The predicted molar refractivity (Wildman–Crippen MR) is 121 cm³/mol. The Morgan fingerprint density at radius 3 is 2.38 bits per heavy atom. The average molecular weight is 477 g/mol. The Bertz CT molecular complexity index is 1090. The van der Waals surface area contributed by atoms with Crippen molar-refractivity contribution in [2.45, 2.75) is 21.8 Å². The number of allylic oxidation sites excluding steroid dienone is 1. The summed E-state index contributed by atoms with van der Waals surface area (Å²) in [5, 5.41) is 10.3. The molecular weight excluding hydrogens is 452 g/mol. The highest BCUT2D eigenvalue weighted by atomic mass is 32.2. The molecule has 0 saturated carbocycles. The Morgan fingerprint density at radius 1 is 1.16 bits per heavy atom. The monoisotopic (exact) mass is 476 g/mol. The van der Waals surface area contributed by atoms with Gasteiger partial charge < -0.3 is 15.6 Å². The molecule has 0 radical (unpaired) electrons. The summed E-state index contributed by atoms with van der Waals surface area (Å²) >= 11 is 1.34. The number of nitrogens with zero attached hydrogens (tertiary/aromatic N) is 1. The van der Waals surface area contributed by atoms with Crippen LogP contribution in [0.3, 0.4) is 0 Å². The van der Waals surface area contributed by atoms with Crippen molar-refractivity contribution in [1.82, 2.24) is 4.31 Å². The van der Waals surface area contributed by atoms with Crippen LogP contribution in [-0.2, 0) is 19.6 Å². The molecule has 0 aliphatic carbocycles. The lowest BCUT2D eigenvalue weighted by molar-refractivity contribution is -0.157. The number of aliphatic carboxylic acids is 1. The molecule has 1 aliphatic heterocycles. The van der Waals surface area contributed by atoms with Gasteiger partial charge in [0.2, 0.25) is 15.6 Å². The topological polar surface area (TPSA) is 127 Å². The molecule has 3 N–H and O–H groups in total. The molecule has 0 bridgehead atoms. The number of hydrogen-bond acceptors (Lipinski definition) is 6. The second-order valence-electron chi connectivity index (χ2n) is 7.18. The molecule has 32 heavy (non-hydrogen) atoms. The zero-order valence-corrected chi connectivity index (χ0v) is 19.0. The number of methoxy groups -OCH3 is 1. The molecule has 0 fully saturated rings. The number of carbonyl (C=O) groups is 2. The largest absolute Gasteiger partial charge is 0.497 e. The molecule has 2 atom stereocenters. The van der Waals surface area contributed by atoms with E-state index in [0.717, 1.165) is 4.90 Å². The van der Waals surface area contributed by atoms with E-state index in [9.17, 15) is 23.1 Å². The van der Waals surface area contributed by atoms with Crippen molar-refractivity contribution in [3.05, 3.63) is 66.7 Å². The molecule has 10 heteroatoms. The number of benzene rings is 2. The first kappa shape index (κ1) is 23.8. The molecule has 1 heterocycles. The molecule has 1 amide bonds. The maximum Gasteiger partial charge on any atom is 0.335 e. The molecule has 0 saturated heterocycles. The van der Waals surface area contributed by atoms with Crippen molar-refractivity contribution >= 4 is 33.7 Å². The van der Waals surface area contributed by atoms with Crippen molar-refractivity contribution in [2.24, 2.45) is 11.7 Å². The minimum atomic E-state index is -4.39. The first-order chi connectivity index (χ1) is 15.2. The van der Waals surface area contributed by atoms with Gasteiger partial charge in [-0.3, -0.25) is 4.79 Å². The van der Waals surface area contributed by atoms with Crippen LogP contribution in [0.4, 0.5) is 0 Å². The summed E-state index contributed by atoms with van der Waals surface area (Å²) in [6.07, 6.45) is 3.43. The van der Waals surface area contributed by atoms with Gasteiger partial charge in [0.15, 0.2) is 0 Å². The Hall–Kier alpha value is -2.82. The zero-order valence-electron chi connectivity index (χ0n) is 17.4. The minimum absolute atomic E-state index is 0.157. The summed E-state index contributed by atoms with van der Waals surface area (Å²) in [6.45, 7) is -0.296. The van der Waals surface area contributed by atoms with Gasteiger partial charge in [0.05, 0.1) is 12.0 Å². The fourth-order valence-corrected chi connectivity index (χ4v) is 6.56. The second kappa shape index (κ2) is 9.76. The van der Waals surface area contributed by atoms with Gasteiger partial charge in [0.1, 0.15) is 5.75 Å². The highest BCUT2D eigenvalue weighted by Gasteiger charge is 2.60. The third-order valence-electron chi connectivity index (χ3n) is 5.39. The number of amides is 1. The van der Waals surface area contributed by atoms with E-state index in [1.54, 1.807) is 12.2 Å². The molecule has 1 aliphatic rings. The lowest BCUT2D eigenvalue weighted by atomic mass is 9.82. The maximum absolute atomic E-state index is 13.6. The Morgan fingerprint density at radius 2 is 1.81 bits per heavy atom. The number of primary amides is 1. The van der Waals surface area contributed by atoms with Crippen molar-refractivity contribution in [2.75, 3.05) is 19.4 Å². The van der Waals surface area contributed by atoms with E-state index in [2.05, 4.69) is 0 Å². The molecule has 170 valence electrons. The van der Waals surface area contributed by atoms with Gasteiger partial charge in [0.25, 0.3) is 5.91 Å². The van der Waals surface area contributed by atoms with Crippen molar-refractivity contribution in [3.8, 4) is 5.75 Å². The van der Waals surface area contributed by atoms with E-state index in [-0.39, 0.29) is 23.6 Å². The zero-order chi connectivity index (χ0) is 23.4. The number of carboxylic acids is 1. The molecule has 2 unspecified atom stereocenters. The summed E-state index contributed by atoms with van der Waals surface area (Å²) < 4.78 is 32.9. The SMILES string of the molecule is COc1ccc(S(=O)(=O)N2CC=CCC(CSc3ccccc3)C2(C(N)=O)C(=O)O)cc1. The smallest absolute Gasteiger partial charge is 0.335 e. The lowest BCUT2D eigenvalue weighted by Gasteiger charge is -2.40. The van der Waals surface area contributed by atoms with Gasteiger partial charge in [-0.2, -0.15) is 4.31 Å². The van der Waals surface area contributed by atoms with Crippen LogP contribution in [0, 0.1) is 5.92 Å². The van der Waals surface area contributed by atoms with Crippen LogP contribution in [0.25, 0.3) is 0 Å². The van der Waals surface area contributed by atoms with Gasteiger partial charge >= 0.3 is 5.97 Å². The summed E-state index contributed by atoms with van der Waals surface area (Å²) in [6, 6.07) is 14.8. The molecule has 2 aromatic carbocycles. The van der Waals surface area contributed by atoms with Crippen LogP contribution in [0.2, 0.25) is 0 Å². The number of sulfonamides is 1. The Kier molecular flexibility index (Phi) is 7.27. The molecule has 0 aromatic heterocycles. The fourth-order valence-electron chi connectivity index (χ4n) is 3.72.